The Bertz CT molecular complexity index is 1120. The van der Waals surface area contributed by atoms with Gasteiger partial charge in [-0.05, 0) is 36.6 Å². The molecule has 0 unspecified atom stereocenters. The molecule has 0 saturated carbocycles. The van der Waals surface area contributed by atoms with Crippen molar-refractivity contribution >= 4 is 5.91 Å². The van der Waals surface area contributed by atoms with Crippen molar-refractivity contribution in [1.82, 2.24) is 4.57 Å². The van der Waals surface area contributed by atoms with Crippen LogP contribution in [0.1, 0.15) is 22.8 Å². The number of rotatable bonds is 3. The molecule has 0 atom stereocenters. The molecule has 2 heteroatoms. The summed E-state index contributed by atoms with van der Waals surface area (Å²) in [5.41, 5.74) is 8.52. The van der Waals surface area contributed by atoms with Gasteiger partial charge in [0.15, 0.2) is 0 Å². The summed E-state index contributed by atoms with van der Waals surface area (Å²) in [6.07, 6.45) is 0. The second kappa shape index (κ2) is 7.32. The minimum absolute atomic E-state index is 0.00721. The number of carbonyl (C=O) groups excluding carboxylic acids is 1. The summed E-state index contributed by atoms with van der Waals surface area (Å²) in [5, 5.41) is 0. The largest absolute Gasteiger partial charge is 0.279 e. The Labute approximate surface area is 166 Å². The van der Waals surface area contributed by atoms with E-state index in [0.717, 1.165) is 33.6 Å². The molecule has 3 aromatic carbocycles. The SMILES string of the molecule is CC(=O)n1c(-c2ccccc2)cc(-c2ccc(C)cc2)c1-c1ccc(C)cc1. The van der Waals surface area contributed by atoms with Crippen molar-refractivity contribution in [3.05, 3.63) is 96.1 Å². The first kappa shape index (κ1) is 18.0. The quantitative estimate of drug-likeness (QED) is 0.393. The molecule has 1 aromatic heterocycles. The number of nitrogens with zero attached hydrogens (tertiary/aromatic N) is 1. The monoisotopic (exact) mass is 365 g/mol. The van der Waals surface area contributed by atoms with Crippen molar-refractivity contribution < 1.29 is 4.79 Å². The Kier molecular flexibility index (Phi) is 4.70. The normalized spacial score (nSPS) is 10.8. The van der Waals surface area contributed by atoms with E-state index >= 15 is 0 Å². The zero-order chi connectivity index (χ0) is 19.7. The molecular weight excluding hydrogens is 342 g/mol. The van der Waals surface area contributed by atoms with Gasteiger partial charge in [0, 0.05) is 12.5 Å². The molecule has 0 aliphatic heterocycles. The standard InChI is InChI=1S/C26H23NO/c1-18-9-13-21(14-10-18)24-17-25(22-7-5-4-6-8-22)27(20(3)28)26(24)23-15-11-19(2)12-16-23/h4-17H,1-3H3. The van der Waals surface area contributed by atoms with Gasteiger partial charge in [0.25, 0.3) is 0 Å². The number of benzene rings is 3. The van der Waals surface area contributed by atoms with E-state index in [1.54, 1.807) is 6.92 Å². The molecule has 0 saturated heterocycles. The molecular formula is C26H23NO. The number of aryl methyl sites for hydroxylation is 2. The number of aromatic nitrogens is 1. The minimum atomic E-state index is 0.00721. The predicted molar refractivity (Wildman–Crippen MR) is 117 cm³/mol. The van der Waals surface area contributed by atoms with Crippen LogP contribution in [-0.4, -0.2) is 10.5 Å². The summed E-state index contributed by atoms with van der Waals surface area (Å²) in [6.45, 7) is 5.79. The van der Waals surface area contributed by atoms with Gasteiger partial charge in [0.05, 0.1) is 11.4 Å². The summed E-state index contributed by atoms with van der Waals surface area (Å²) in [5.74, 6) is 0.00721. The second-order valence-corrected chi connectivity index (χ2v) is 7.24. The molecule has 1 heterocycles. The molecule has 0 radical (unpaired) electrons. The smallest absolute Gasteiger partial charge is 0.228 e. The number of hydrogen-bond acceptors (Lipinski definition) is 1. The fourth-order valence-corrected chi connectivity index (χ4v) is 3.61. The lowest BCUT2D eigenvalue weighted by Gasteiger charge is -2.12. The lowest BCUT2D eigenvalue weighted by molar-refractivity contribution is 0.0940. The molecule has 0 N–H and O–H groups in total. The molecule has 4 aromatic rings. The van der Waals surface area contributed by atoms with Gasteiger partial charge in [-0.15, -0.1) is 0 Å². The molecule has 0 spiro atoms. The molecule has 28 heavy (non-hydrogen) atoms. The van der Waals surface area contributed by atoms with Gasteiger partial charge < -0.3 is 0 Å². The second-order valence-electron chi connectivity index (χ2n) is 7.24. The maximum absolute atomic E-state index is 12.8. The topological polar surface area (TPSA) is 22.0 Å². The van der Waals surface area contributed by atoms with E-state index in [2.05, 4.69) is 68.4 Å². The summed E-state index contributed by atoms with van der Waals surface area (Å²) < 4.78 is 1.84. The first-order chi connectivity index (χ1) is 13.5. The lowest BCUT2D eigenvalue weighted by Crippen LogP contribution is -2.09. The van der Waals surface area contributed by atoms with Crippen LogP contribution in [0.4, 0.5) is 0 Å². The van der Waals surface area contributed by atoms with E-state index < -0.39 is 0 Å². The van der Waals surface area contributed by atoms with Gasteiger partial charge in [-0.3, -0.25) is 9.36 Å². The zero-order valence-corrected chi connectivity index (χ0v) is 16.4. The van der Waals surface area contributed by atoms with Crippen molar-refractivity contribution in [3.63, 3.8) is 0 Å². The van der Waals surface area contributed by atoms with E-state index in [1.807, 2.05) is 34.9 Å². The van der Waals surface area contributed by atoms with Gasteiger partial charge >= 0.3 is 0 Å². The Morgan fingerprint density at radius 2 is 1.21 bits per heavy atom. The lowest BCUT2D eigenvalue weighted by atomic mass is 9.99. The van der Waals surface area contributed by atoms with Crippen LogP contribution in [0.5, 0.6) is 0 Å². The fourth-order valence-electron chi connectivity index (χ4n) is 3.61. The summed E-state index contributed by atoms with van der Waals surface area (Å²) in [7, 11) is 0. The predicted octanol–water partition coefficient (Wildman–Crippen LogP) is 6.77. The Hall–Kier alpha value is -3.39. The highest BCUT2D eigenvalue weighted by molar-refractivity contribution is 5.96. The average molecular weight is 365 g/mol. The first-order valence-electron chi connectivity index (χ1n) is 9.51. The van der Waals surface area contributed by atoms with Crippen LogP contribution in [0.3, 0.4) is 0 Å². The van der Waals surface area contributed by atoms with Crippen molar-refractivity contribution in [2.24, 2.45) is 0 Å². The first-order valence-corrected chi connectivity index (χ1v) is 9.51. The highest BCUT2D eigenvalue weighted by Crippen LogP contribution is 2.39. The van der Waals surface area contributed by atoms with E-state index in [4.69, 9.17) is 0 Å². The van der Waals surface area contributed by atoms with Crippen LogP contribution >= 0.6 is 0 Å². The summed E-state index contributed by atoms with van der Waals surface area (Å²) in [4.78, 5) is 12.8. The molecule has 2 nitrogen and oxygen atoms in total. The van der Waals surface area contributed by atoms with Crippen LogP contribution in [0, 0.1) is 13.8 Å². The molecule has 4 rings (SSSR count). The zero-order valence-electron chi connectivity index (χ0n) is 16.4. The van der Waals surface area contributed by atoms with Crippen LogP contribution in [-0.2, 0) is 0 Å². The molecule has 0 aliphatic rings. The van der Waals surface area contributed by atoms with E-state index in [1.165, 1.54) is 11.1 Å². The van der Waals surface area contributed by atoms with E-state index in [0.29, 0.717) is 0 Å². The maximum Gasteiger partial charge on any atom is 0.228 e. The van der Waals surface area contributed by atoms with E-state index in [-0.39, 0.29) is 5.91 Å². The Balaban J connectivity index is 2.05. The maximum atomic E-state index is 12.8. The molecule has 0 fully saturated rings. The third-order valence-electron chi connectivity index (χ3n) is 5.07. The molecule has 0 amide bonds. The highest BCUT2D eigenvalue weighted by Gasteiger charge is 2.21. The Morgan fingerprint density at radius 3 is 1.75 bits per heavy atom. The molecule has 0 aliphatic carbocycles. The Morgan fingerprint density at radius 1 is 0.679 bits per heavy atom. The van der Waals surface area contributed by atoms with Gasteiger partial charge in [-0.1, -0.05) is 90.0 Å². The van der Waals surface area contributed by atoms with E-state index in [9.17, 15) is 4.79 Å². The van der Waals surface area contributed by atoms with Gasteiger partial charge in [-0.2, -0.15) is 0 Å². The van der Waals surface area contributed by atoms with Crippen molar-refractivity contribution in [2.45, 2.75) is 20.8 Å². The third kappa shape index (κ3) is 3.29. The van der Waals surface area contributed by atoms with Crippen LogP contribution < -0.4 is 0 Å². The van der Waals surface area contributed by atoms with Crippen LogP contribution in [0.25, 0.3) is 33.6 Å². The van der Waals surface area contributed by atoms with Gasteiger partial charge in [0.2, 0.25) is 5.91 Å². The van der Waals surface area contributed by atoms with Crippen molar-refractivity contribution in [2.75, 3.05) is 0 Å². The van der Waals surface area contributed by atoms with Gasteiger partial charge in [0.1, 0.15) is 0 Å². The molecule has 0 bridgehead atoms. The summed E-state index contributed by atoms with van der Waals surface area (Å²) in [6, 6.07) is 29.1. The number of carbonyl (C=O) groups is 1. The van der Waals surface area contributed by atoms with Gasteiger partial charge in [-0.25, -0.2) is 0 Å². The van der Waals surface area contributed by atoms with Crippen LogP contribution in [0.15, 0.2) is 84.9 Å². The number of hydrogen-bond donors (Lipinski definition) is 0. The van der Waals surface area contributed by atoms with Crippen molar-refractivity contribution in [3.8, 4) is 33.6 Å². The third-order valence-corrected chi connectivity index (χ3v) is 5.07. The average Bonchev–Trinajstić information content (AvgIpc) is 3.11. The minimum Gasteiger partial charge on any atom is -0.279 e. The fraction of sp³-hybridized carbons (Fsp3) is 0.115. The van der Waals surface area contributed by atoms with Crippen LogP contribution in [0.2, 0.25) is 0 Å². The highest BCUT2D eigenvalue weighted by atomic mass is 16.1. The van der Waals surface area contributed by atoms with Crippen molar-refractivity contribution in [1.29, 1.82) is 0 Å². The summed E-state index contributed by atoms with van der Waals surface area (Å²) >= 11 is 0. The molecule has 138 valence electrons.